The molecular weight excluding hydrogens is 921 g/mol. The van der Waals surface area contributed by atoms with Crippen molar-refractivity contribution in [2.45, 2.75) is 245 Å². The smallest absolute Gasteiger partial charge is 0.0594 e. The molecule has 0 bridgehead atoms. The van der Waals surface area contributed by atoms with E-state index in [1.54, 1.807) is 0 Å². The molecule has 73 heavy (non-hydrogen) atoms. The van der Waals surface area contributed by atoms with E-state index in [2.05, 4.69) is 172 Å². The van der Waals surface area contributed by atoms with Crippen molar-refractivity contribution in [3.8, 4) is 0 Å². The van der Waals surface area contributed by atoms with E-state index in [1.807, 2.05) is 0 Å². The molecule has 442 valence electrons. The van der Waals surface area contributed by atoms with Crippen LogP contribution in [0.5, 0.6) is 0 Å². The third-order valence-corrected chi connectivity index (χ3v) is 16.5. The summed E-state index contributed by atoms with van der Waals surface area (Å²) in [5.74, 6) is 2.66. The Morgan fingerprint density at radius 3 is 0.781 bits per heavy atom. The summed E-state index contributed by atoms with van der Waals surface area (Å²) in [5, 5.41) is 6.72. The first-order valence-electron chi connectivity index (χ1n) is 30.4. The number of morpholine rings is 1. The third kappa shape index (κ3) is 39.0. The number of rotatable bonds is 8. The van der Waals surface area contributed by atoms with E-state index in [4.69, 9.17) is 4.74 Å². The summed E-state index contributed by atoms with van der Waals surface area (Å²) >= 11 is 2.07. The lowest BCUT2D eigenvalue weighted by atomic mass is 10.1. The largest absolute Gasteiger partial charge is 0.379 e. The number of nitrogens with one attached hydrogen (secondary N) is 2. The average molecular weight is 1060 g/mol. The molecule has 8 heterocycles. The number of hydrogen-bond donors (Lipinski definition) is 2. The highest BCUT2D eigenvalue weighted by Crippen LogP contribution is 2.14. The third-order valence-electron chi connectivity index (χ3n) is 15.5. The molecule has 8 aliphatic heterocycles. The Labute approximate surface area is 464 Å². The summed E-state index contributed by atoms with van der Waals surface area (Å²) in [4.78, 5) is 20.1. The highest BCUT2D eigenvalue weighted by Gasteiger charge is 2.18. The van der Waals surface area contributed by atoms with Gasteiger partial charge in [0, 0.05) is 125 Å². The average Bonchev–Trinajstić information content (AvgIpc) is 3.56. The van der Waals surface area contributed by atoms with Crippen LogP contribution in [-0.2, 0) is 4.74 Å². The van der Waals surface area contributed by atoms with Crippen LogP contribution >= 0.6 is 11.8 Å². The second-order valence-electron chi connectivity index (χ2n) is 23.7. The number of likely N-dealkylation sites (tertiary alicyclic amines) is 4. The van der Waals surface area contributed by atoms with Crippen molar-refractivity contribution in [3.05, 3.63) is 0 Å². The van der Waals surface area contributed by atoms with E-state index >= 15 is 0 Å². The fraction of sp³-hybridized carbons (Fsp3) is 1.00. The van der Waals surface area contributed by atoms with Gasteiger partial charge in [0.2, 0.25) is 0 Å². The van der Waals surface area contributed by atoms with E-state index in [0.29, 0.717) is 6.04 Å². The maximum atomic E-state index is 5.21. The minimum atomic E-state index is 0. The van der Waals surface area contributed by atoms with Crippen molar-refractivity contribution in [2.75, 3.05) is 156 Å². The summed E-state index contributed by atoms with van der Waals surface area (Å²) < 4.78 is 5.21. The standard InChI is InChI=1S/C9H19N.C8H18N2.C8H17N.C7H16N2.C7H15NO.C7H15NS.C7H15N.C6H13N.2CH4/c1-9(2)10-7-5-3-4-6-8-10;1-8(2)10-6-3-4-9-5-7-10;1-8(2)9-6-4-3-5-7-9;1-7(2)9-5-3-8-4-6-9;2*1-7(2)8-3-5-9-6-4-8;1-7(2)8-5-3-4-6-8;1-6(2)7-4-3-5-7;;/h9H,3-8H2,1-2H3;8-9H,3-7H2,1-2H3;8H,3-7H2,1-2H3;7-8H,3-6H2,1-2H3;2*7H,3-6H2,1-2H3;7H,3-6H2,1-2H3;6H,3-5H2,1-2H3;2*1H4. The van der Waals surface area contributed by atoms with Crippen LogP contribution in [-0.4, -0.2) is 243 Å². The normalized spacial score (nSPS) is 22.4. The highest BCUT2D eigenvalue weighted by molar-refractivity contribution is 7.99. The molecule has 8 aliphatic rings. The Morgan fingerprint density at radius 2 is 0.493 bits per heavy atom. The first-order chi connectivity index (χ1) is 33.9. The Bertz CT molecular complexity index is 1000. The predicted octanol–water partition coefficient (Wildman–Crippen LogP) is 11.2. The summed E-state index contributed by atoms with van der Waals surface area (Å²) in [6.45, 7) is 63.2. The Morgan fingerprint density at radius 1 is 0.260 bits per heavy atom. The Hall–Kier alpha value is -0.0900. The summed E-state index contributed by atoms with van der Waals surface area (Å²) in [5.41, 5.74) is 0. The Balaban J connectivity index is 0. The zero-order valence-electron chi connectivity index (χ0n) is 50.8. The molecule has 0 atom stereocenters. The van der Waals surface area contributed by atoms with Gasteiger partial charge < -0.3 is 35.0 Å². The van der Waals surface area contributed by atoms with Gasteiger partial charge in [0.15, 0.2) is 0 Å². The quantitative estimate of drug-likeness (QED) is 0.244. The van der Waals surface area contributed by atoms with Gasteiger partial charge in [-0.05, 0) is 228 Å². The number of piperazine rings is 1. The summed E-state index contributed by atoms with van der Waals surface area (Å²) in [7, 11) is 0. The maximum absolute atomic E-state index is 5.21. The fourth-order valence-electron chi connectivity index (χ4n) is 9.93. The minimum absolute atomic E-state index is 0. The molecule has 12 heteroatoms. The van der Waals surface area contributed by atoms with E-state index in [0.717, 1.165) is 88.2 Å². The van der Waals surface area contributed by atoms with Gasteiger partial charge in [0.25, 0.3) is 0 Å². The fourth-order valence-corrected chi connectivity index (χ4v) is 10.9. The summed E-state index contributed by atoms with van der Waals surface area (Å²) in [6, 6.07) is 5.99. The molecule has 2 N–H and O–H groups in total. The molecule has 0 spiro atoms. The zero-order valence-corrected chi connectivity index (χ0v) is 51.6. The number of thioether (sulfide) groups is 1. The molecule has 0 aromatic carbocycles. The second kappa shape index (κ2) is 47.9. The molecule has 8 fully saturated rings. The maximum Gasteiger partial charge on any atom is 0.0594 e. The lowest BCUT2D eigenvalue weighted by Crippen LogP contribution is -2.46. The number of hydrogen-bond acceptors (Lipinski definition) is 12. The number of nitrogens with zero attached hydrogens (tertiary/aromatic N) is 8. The van der Waals surface area contributed by atoms with Crippen molar-refractivity contribution in [1.29, 1.82) is 0 Å². The number of piperidine rings is 1. The van der Waals surface area contributed by atoms with Crippen molar-refractivity contribution in [2.24, 2.45) is 0 Å². The molecule has 0 radical (unpaired) electrons. The first kappa shape index (κ1) is 75.0. The number of ether oxygens (including phenoxy) is 1. The van der Waals surface area contributed by atoms with Crippen LogP contribution in [0.1, 0.15) is 196 Å². The van der Waals surface area contributed by atoms with Crippen LogP contribution in [0.4, 0.5) is 0 Å². The van der Waals surface area contributed by atoms with Gasteiger partial charge in [-0.15, -0.1) is 0 Å². The van der Waals surface area contributed by atoms with Crippen LogP contribution in [0, 0.1) is 0 Å². The van der Waals surface area contributed by atoms with Crippen LogP contribution < -0.4 is 10.6 Å². The minimum Gasteiger partial charge on any atom is -0.379 e. The molecular formula is C61H136N10OS. The topological polar surface area (TPSA) is 59.2 Å². The molecule has 0 aliphatic carbocycles. The first-order valence-corrected chi connectivity index (χ1v) is 31.6. The monoisotopic (exact) mass is 1060 g/mol. The molecule has 0 saturated carbocycles. The molecule has 0 aromatic heterocycles. The van der Waals surface area contributed by atoms with Gasteiger partial charge in [0.1, 0.15) is 0 Å². The van der Waals surface area contributed by atoms with Crippen LogP contribution in [0.3, 0.4) is 0 Å². The van der Waals surface area contributed by atoms with E-state index in [1.165, 1.54) is 180 Å². The van der Waals surface area contributed by atoms with Gasteiger partial charge >= 0.3 is 0 Å². The molecule has 8 rings (SSSR count). The molecule has 11 nitrogen and oxygen atoms in total. The molecule has 0 unspecified atom stereocenters. The van der Waals surface area contributed by atoms with Gasteiger partial charge in [-0.25, -0.2) is 0 Å². The second-order valence-corrected chi connectivity index (χ2v) is 24.9. The predicted molar refractivity (Wildman–Crippen MR) is 332 cm³/mol. The SMILES string of the molecule is C.C.CC(C)N1CCC1.CC(C)N1CCCC1.CC(C)N1CCCCC1.CC(C)N1CCCCCC1.CC(C)N1CCCNCC1.CC(C)N1CCNCC1.CC(C)N1CCOCC1.CC(C)N1CCSCC1. The lowest BCUT2D eigenvalue weighted by molar-refractivity contribution is 0.0238. The van der Waals surface area contributed by atoms with Crippen molar-refractivity contribution < 1.29 is 4.74 Å². The molecule has 0 amide bonds. The zero-order chi connectivity index (χ0) is 52.8. The van der Waals surface area contributed by atoms with Crippen LogP contribution in [0.15, 0.2) is 0 Å². The van der Waals surface area contributed by atoms with E-state index < -0.39 is 0 Å². The van der Waals surface area contributed by atoms with E-state index in [-0.39, 0.29) is 14.9 Å². The Kier molecular flexibility index (Phi) is 49.2. The van der Waals surface area contributed by atoms with Crippen molar-refractivity contribution >= 4 is 11.8 Å². The summed E-state index contributed by atoms with van der Waals surface area (Å²) in [6.07, 6.45) is 15.6. The van der Waals surface area contributed by atoms with Gasteiger partial charge in [-0.1, -0.05) is 34.1 Å². The van der Waals surface area contributed by atoms with Crippen molar-refractivity contribution in [1.82, 2.24) is 49.8 Å². The van der Waals surface area contributed by atoms with Crippen molar-refractivity contribution in [3.63, 3.8) is 0 Å². The van der Waals surface area contributed by atoms with Gasteiger partial charge in [-0.2, -0.15) is 11.8 Å². The lowest BCUT2D eigenvalue weighted by Gasteiger charge is -2.34. The molecule has 8 saturated heterocycles. The van der Waals surface area contributed by atoms with Gasteiger partial charge in [-0.3, -0.25) is 19.6 Å². The van der Waals surface area contributed by atoms with Crippen LogP contribution in [0.25, 0.3) is 0 Å². The van der Waals surface area contributed by atoms with Gasteiger partial charge in [0.05, 0.1) is 13.2 Å². The van der Waals surface area contributed by atoms with E-state index in [9.17, 15) is 0 Å². The van der Waals surface area contributed by atoms with Crippen LogP contribution in [0.2, 0.25) is 0 Å². The molecule has 0 aromatic rings. The highest BCUT2D eigenvalue weighted by atomic mass is 32.2.